The molecule has 0 saturated heterocycles. The number of hydrogen-bond donors (Lipinski definition) is 2. The summed E-state index contributed by atoms with van der Waals surface area (Å²) in [5.74, 6) is -0.883. The topological polar surface area (TPSA) is 132 Å². The van der Waals surface area contributed by atoms with Gasteiger partial charge < -0.3 is 24.1 Å². The Morgan fingerprint density at radius 2 is 1.87 bits per heavy atom. The van der Waals surface area contributed by atoms with Crippen molar-refractivity contribution < 1.29 is 28.3 Å². The van der Waals surface area contributed by atoms with Crippen LogP contribution in [0, 0.1) is 0 Å². The van der Waals surface area contributed by atoms with Gasteiger partial charge in [0.15, 0.2) is 5.58 Å². The van der Waals surface area contributed by atoms with Crippen molar-refractivity contribution in [1.82, 2.24) is 14.8 Å². The molecule has 0 unspecified atom stereocenters. The third-order valence-corrected chi connectivity index (χ3v) is 5.38. The minimum absolute atomic E-state index is 0.209. The van der Waals surface area contributed by atoms with Crippen LogP contribution in [0.2, 0.25) is 0 Å². The largest absolute Gasteiger partial charge is 0.450 e. The van der Waals surface area contributed by atoms with E-state index in [-0.39, 0.29) is 24.6 Å². The average molecular weight is 527 g/mol. The van der Waals surface area contributed by atoms with Gasteiger partial charge in [0.25, 0.3) is 5.91 Å². The lowest BCUT2D eigenvalue weighted by molar-refractivity contribution is 0.0297. The maximum Gasteiger partial charge on any atom is 0.420 e. The van der Waals surface area contributed by atoms with Gasteiger partial charge in [-0.05, 0) is 70.0 Å². The Labute approximate surface area is 220 Å². The van der Waals surface area contributed by atoms with Gasteiger partial charge in [-0.1, -0.05) is 12.1 Å². The number of aromatic nitrogens is 1. The van der Waals surface area contributed by atoms with Crippen molar-refractivity contribution >= 4 is 34.9 Å². The number of rotatable bonds is 9. The lowest BCUT2D eigenvalue weighted by atomic mass is 10.1. The van der Waals surface area contributed by atoms with Gasteiger partial charge >= 0.3 is 17.9 Å². The predicted molar refractivity (Wildman–Crippen MR) is 142 cm³/mol. The summed E-state index contributed by atoms with van der Waals surface area (Å²) in [5, 5.41) is 5.44. The van der Waals surface area contributed by atoms with Crippen molar-refractivity contribution in [3.05, 3.63) is 64.1 Å². The Bertz CT molecular complexity index is 1350. The van der Waals surface area contributed by atoms with E-state index in [0.717, 1.165) is 5.56 Å². The molecule has 0 radical (unpaired) electrons. The Kier molecular flexibility index (Phi) is 9.16. The first-order valence-corrected chi connectivity index (χ1v) is 12.3. The number of amides is 3. The summed E-state index contributed by atoms with van der Waals surface area (Å²) in [4.78, 5) is 50.3. The Morgan fingerprint density at radius 3 is 2.58 bits per heavy atom. The molecule has 3 amide bonds. The van der Waals surface area contributed by atoms with Gasteiger partial charge in [-0.25, -0.2) is 14.4 Å². The number of carbonyl (C=O) groups is 3. The Hall–Kier alpha value is -4.28. The van der Waals surface area contributed by atoms with Crippen molar-refractivity contribution in [3.8, 4) is 0 Å². The van der Waals surface area contributed by atoms with Crippen LogP contribution < -0.4 is 16.4 Å². The summed E-state index contributed by atoms with van der Waals surface area (Å²) in [7, 11) is 1.64. The fourth-order valence-electron chi connectivity index (χ4n) is 3.62. The first kappa shape index (κ1) is 28.3. The third kappa shape index (κ3) is 7.86. The molecule has 0 saturated carbocycles. The first-order valence-electron chi connectivity index (χ1n) is 12.3. The molecule has 38 heavy (non-hydrogen) atoms. The first-order chi connectivity index (χ1) is 18.0. The van der Waals surface area contributed by atoms with Gasteiger partial charge in [0.2, 0.25) is 0 Å². The van der Waals surface area contributed by atoms with Crippen LogP contribution in [0.4, 0.5) is 15.3 Å². The molecular formula is C27H34N4O7. The summed E-state index contributed by atoms with van der Waals surface area (Å²) >= 11 is 0. The highest BCUT2D eigenvalue weighted by Crippen LogP contribution is 2.18. The number of nitrogens with one attached hydrogen (secondary N) is 2. The van der Waals surface area contributed by atoms with Crippen molar-refractivity contribution in [2.24, 2.45) is 0 Å². The number of benzene rings is 2. The molecule has 0 aliphatic rings. The molecule has 11 nitrogen and oxygen atoms in total. The molecule has 1 aromatic heterocycles. The van der Waals surface area contributed by atoms with Gasteiger partial charge in [0, 0.05) is 31.4 Å². The van der Waals surface area contributed by atoms with Gasteiger partial charge in [0.1, 0.15) is 5.60 Å². The molecule has 0 fully saturated rings. The van der Waals surface area contributed by atoms with Crippen LogP contribution in [-0.2, 0) is 16.0 Å². The molecule has 0 aliphatic carbocycles. The van der Waals surface area contributed by atoms with Crippen LogP contribution in [0.3, 0.4) is 0 Å². The zero-order valence-corrected chi connectivity index (χ0v) is 22.3. The zero-order valence-electron chi connectivity index (χ0n) is 22.3. The lowest BCUT2D eigenvalue weighted by Crippen LogP contribution is -2.36. The predicted octanol–water partition coefficient (Wildman–Crippen LogP) is 4.20. The molecule has 0 atom stereocenters. The summed E-state index contributed by atoms with van der Waals surface area (Å²) in [6, 6.07) is 11.8. The van der Waals surface area contributed by atoms with E-state index in [4.69, 9.17) is 13.9 Å². The summed E-state index contributed by atoms with van der Waals surface area (Å²) < 4.78 is 17.0. The number of ether oxygens (including phenoxy) is 2. The van der Waals surface area contributed by atoms with E-state index in [1.807, 2.05) is 6.07 Å². The quantitative estimate of drug-likeness (QED) is 0.400. The Balaban J connectivity index is 1.61. The highest BCUT2D eigenvalue weighted by Gasteiger charge is 2.19. The number of oxazole rings is 1. The summed E-state index contributed by atoms with van der Waals surface area (Å²) in [6.07, 6.45) is -0.438. The van der Waals surface area contributed by atoms with Crippen LogP contribution in [0.1, 0.15) is 50.0 Å². The van der Waals surface area contributed by atoms with E-state index >= 15 is 0 Å². The Morgan fingerprint density at radius 1 is 1.11 bits per heavy atom. The highest BCUT2D eigenvalue weighted by atomic mass is 16.6. The summed E-state index contributed by atoms with van der Waals surface area (Å²) in [5.41, 5.74) is 1.90. The second-order valence-corrected chi connectivity index (χ2v) is 9.69. The molecule has 0 spiro atoms. The van der Waals surface area contributed by atoms with Crippen LogP contribution in [0.15, 0.2) is 51.7 Å². The van der Waals surface area contributed by atoms with Crippen molar-refractivity contribution in [2.45, 2.75) is 46.3 Å². The SMILES string of the molecule is CCOC(=O)Nc1cccc(Cn2c(=O)oc3cc(C(=O)NCCCN(C)C(=O)OC(C)(C)C)ccc32)c1. The lowest BCUT2D eigenvalue weighted by Gasteiger charge is -2.24. The van der Waals surface area contributed by atoms with Gasteiger partial charge in [-0.3, -0.25) is 14.7 Å². The fourth-order valence-corrected chi connectivity index (χ4v) is 3.62. The molecule has 0 bridgehead atoms. The minimum Gasteiger partial charge on any atom is -0.450 e. The van der Waals surface area contributed by atoms with Crippen LogP contribution in [0.5, 0.6) is 0 Å². The van der Waals surface area contributed by atoms with Gasteiger partial charge in [-0.15, -0.1) is 0 Å². The zero-order chi connectivity index (χ0) is 27.9. The second-order valence-electron chi connectivity index (χ2n) is 9.69. The molecule has 2 N–H and O–H groups in total. The standard InChI is InChI=1S/C27H34N4O7/c1-6-36-24(33)29-20-10-7-9-18(15-20)17-31-21-12-11-19(16-22(21)37-26(31)35)23(32)28-13-8-14-30(5)25(34)38-27(2,3)4/h7,9-12,15-16H,6,8,13-14,17H2,1-5H3,(H,28,32)(H,29,33). The number of hydrogen-bond acceptors (Lipinski definition) is 7. The van der Waals surface area contributed by atoms with Crippen LogP contribution in [0.25, 0.3) is 11.1 Å². The highest BCUT2D eigenvalue weighted by molar-refractivity contribution is 5.97. The van der Waals surface area contributed by atoms with Crippen molar-refractivity contribution in [1.29, 1.82) is 0 Å². The van der Waals surface area contributed by atoms with Gasteiger partial charge in [0.05, 0.1) is 18.7 Å². The van der Waals surface area contributed by atoms with E-state index in [1.165, 1.54) is 15.5 Å². The minimum atomic E-state index is -0.572. The average Bonchev–Trinajstić information content (AvgIpc) is 3.14. The van der Waals surface area contributed by atoms with Crippen molar-refractivity contribution in [3.63, 3.8) is 0 Å². The molecule has 204 valence electrons. The summed E-state index contributed by atoms with van der Waals surface area (Å²) in [6.45, 7) is 8.36. The second kappa shape index (κ2) is 12.3. The fraction of sp³-hybridized carbons (Fsp3) is 0.407. The van der Waals surface area contributed by atoms with Gasteiger partial charge in [-0.2, -0.15) is 0 Å². The normalized spacial score (nSPS) is 11.2. The molecule has 0 aliphatic heterocycles. The maximum absolute atomic E-state index is 12.6. The molecular weight excluding hydrogens is 492 g/mol. The van der Waals surface area contributed by atoms with Crippen LogP contribution >= 0.6 is 0 Å². The molecule has 1 heterocycles. The number of nitrogens with zero attached hydrogens (tertiary/aromatic N) is 2. The van der Waals surface area contributed by atoms with E-state index in [9.17, 15) is 19.2 Å². The van der Waals surface area contributed by atoms with Crippen molar-refractivity contribution in [2.75, 3.05) is 32.1 Å². The number of carbonyl (C=O) groups excluding carboxylic acids is 3. The van der Waals surface area contributed by atoms with Crippen LogP contribution in [-0.4, -0.2) is 59.9 Å². The number of fused-ring (bicyclic) bond motifs is 1. The molecule has 3 aromatic rings. The smallest absolute Gasteiger partial charge is 0.420 e. The van der Waals surface area contributed by atoms with E-state index in [0.29, 0.717) is 36.3 Å². The maximum atomic E-state index is 12.6. The van der Waals surface area contributed by atoms with E-state index in [2.05, 4.69) is 10.6 Å². The van der Waals surface area contributed by atoms with E-state index in [1.54, 1.807) is 65.1 Å². The molecule has 11 heteroatoms. The van der Waals surface area contributed by atoms with E-state index < -0.39 is 23.5 Å². The third-order valence-electron chi connectivity index (χ3n) is 5.38. The molecule has 2 aromatic carbocycles. The molecule has 3 rings (SSSR count). The monoisotopic (exact) mass is 526 g/mol. The number of anilines is 1.